The Kier molecular flexibility index (Phi) is 5.37. The number of hydrogen-bond donors (Lipinski definition) is 1. The summed E-state index contributed by atoms with van der Waals surface area (Å²) in [5, 5.41) is 7.64. The zero-order valence-electron chi connectivity index (χ0n) is 19.7. The van der Waals surface area contributed by atoms with Gasteiger partial charge in [0.05, 0.1) is 35.3 Å². The van der Waals surface area contributed by atoms with Crippen LogP contribution in [0.3, 0.4) is 0 Å². The minimum absolute atomic E-state index is 0.144. The normalized spacial score (nSPS) is 14.6. The van der Waals surface area contributed by atoms with E-state index in [2.05, 4.69) is 9.88 Å². The quantitative estimate of drug-likeness (QED) is 0.334. The average Bonchev–Trinajstić information content (AvgIpc) is 3.47. The molecule has 7 heteroatoms. The molecule has 178 valence electrons. The molecule has 0 aliphatic carbocycles. The maximum Gasteiger partial charge on any atom is 0.323 e. The molecule has 0 saturated heterocycles. The van der Waals surface area contributed by atoms with Crippen molar-refractivity contribution in [2.75, 3.05) is 5.32 Å². The number of aromatic nitrogens is 3. The molecule has 3 aromatic carbocycles. The monoisotopic (exact) mass is 477 g/mol. The highest BCUT2D eigenvalue weighted by atomic mass is 19.1. The van der Waals surface area contributed by atoms with E-state index in [-0.39, 0.29) is 11.7 Å². The first-order chi connectivity index (χ1) is 17.6. The summed E-state index contributed by atoms with van der Waals surface area (Å²) >= 11 is 0. The lowest BCUT2D eigenvalue weighted by atomic mass is 10.0. The van der Waals surface area contributed by atoms with Crippen LogP contribution in [0.15, 0.2) is 103 Å². The minimum Gasteiger partial charge on any atom is -0.307 e. The first kappa shape index (κ1) is 21.9. The zero-order chi connectivity index (χ0) is 24.6. The lowest BCUT2D eigenvalue weighted by Gasteiger charge is -2.31. The number of para-hydroxylation sites is 2. The van der Waals surface area contributed by atoms with E-state index >= 15 is 0 Å². The predicted octanol–water partition coefficient (Wildman–Crippen LogP) is 6.25. The maximum absolute atomic E-state index is 14.5. The second kappa shape index (κ2) is 8.85. The summed E-state index contributed by atoms with van der Waals surface area (Å²) in [5.74, 6) is 0.412. The van der Waals surface area contributed by atoms with Crippen molar-refractivity contribution < 1.29 is 9.18 Å². The SMILES string of the molecule is Cc1nn(-c2ccccc2)c2c1CN(C(=O)Nc1ccccc1F)[C@H](c1ccccc1)c1cccn1-2. The molecule has 1 atom stereocenters. The Hall–Kier alpha value is -4.65. The van der Waals surface area contributed by atoms with Crippen LogP contribution in [0.2, 0.25) is 0 Å². The highest BCUT2D eigenvalue weighted by Gasteiger charge is 2.36. The van der Waals surface area contributed by atoms with Gasteiger partial charge in [0, 0.05) is 11.8 Å². The molecule has 0 fully saturated rings. The highest BCUT2D eigenvalue weighted by Crippen LogP contribution is 2.38. The Morgan fingerprint density at radius 1 is 0.917 bits per heavy atom. The summed E-state index contributed by atoms with van der Waals surface area (Å²) in [7, 11) is 0. The van der Waals surface area contributed by atoms with Gasteiger partial charge in [-0.05, 0) is 48.9 Å². The first-order valence-electron chi connectivity index (χ1n) is 11.8. The topological polar surface area (TPSA) is 55.1 Å². The van der Waals surface area contributed by atoms with E-state index in [0.717, 1.165) is 34.0 Å². The fourth-order valence-corrected chi connectivity index (χ4v) is 4.88. The van der Waals surface area contributed by atoms with Gasteiger partial charge in [0.25, 0.3) is 0 Å². The van der Waals surface area contributed by atoms with Gasteiger partial charge in [-0.25, -0.2) is 13.9 Å². The van der Waals surface area contributed by atoms with Crippen molar-refractivity contribution in [3.05, 3.63) is 132 Å². The molecule has 2 amide bonds. The molecule has 6 nitrogen and oxygen atoms in total. The Morgan fingerprint density at radius 2 is 1.61 bits per heavy atom. The number of aryl methyl sites for hydroxylation is 1. The van der Waals surface area contributed by atoms with Crippen LogP contribution >= 0.6 is 0 Å². The lowest BCUT2D eigenvalue weighted by Crippen LogP contribution is -2.38. The molecule has 0 unspecified atom stereocenters. The van der Waals surface area contributed by atoms with Crippen molar-refractivity contribution in [1.82, 2.24) is 19.2 Å². The van der Waals surface area contributed by atoms with E-state index in [9.17, 15) is 9.18 Å². The number of anilines is 1. The summed E-state index contributed by atoms with van der Waals surface area (Å²) in [4.78, 5) is 15.6. The number of amides is 2. The molecule has 36 heavy (non-hydrogen) atoms. The molecular weight excluding hydrogens is 453 g/mol. The molecule has 6 rings (SSSR count). The van der Waals surface area contributed by atoms with Gasteiger partial charge in [0.2, 0.25) is 0 Å². The van der Waals surface area contributed by atoms with Gasteiger partial charge < -0.3 is 14.8 Å². The second-order valence-corrected chi connectivity index (χ2v) is 8.79. The third-order valence-electron chi connectivity index (χ3n) is 6.58. The Labute approximate surface area is 208 Å². The molecule has 1 aliphatic heterocycles. The number of carbonyl (C=O) groups excluding carboxylic acids is 1. The van der Waals surface area contributed by atoms with E-state index in [1.807, 2.05) is 90.6 Å². The number of benzene rings is 3. The largest absolute Gasteiger partial charge is 0.323 e. The fraction of sp³-hybridized carbons (Fsp3) is 0.103. The van der Waals surface area contributed by atoms with Crippen molar-refractivity contribution in [2.24, 2.45) is 0 Å². The van der Waals surface area contributed by atoms with Crippen molar-refractivity contribution >= 4 is 11.7 Å². The van der Waals surface area contributed by atoms with Gasteiger partial charge in [-0.15, -0.1) is 0 Å². The number of halogens is 1. The highest BCUT2D eigenvalue weighted by molar-refractivity contribution is 5.90. The van der Waals surface area contributed by atoms with Crippen LogP contribution in [0.25, 0.3) is 11.5 Å². The van der Waals surface area contributed by atoms with E-state index in [1.54, 1.807) is 23.1 Å². The van der Waals surface area contributed by atoms with Crippen molar-refractivity contribution in [3.63, 3.8) is 0 Å². The number of fused-ring (bicyclic) bond motifs is 3. The van der Waals surface area contributed by atoms with Crippen molar-refractivity contribution in [1.29, 1.82) is 0 Å². The number of nitrogens with one attached hydrogen (secondary N) is 1. The van der Waals surface area contributed by atoms with E-state index < -0.39 is 11.9 Å². The third kappa shape index (κ3) is 3.65. The van der Waals surface area contributed by atoms with Gasteiger partial charge >= 0.3 is 6.03 Å². The van der Waals surface area contributed by atoms with Gasteiger partial charge in [-0.1, -0.05) is 60.7 Å². The lowest BCUT2D eigenvalue weighted by molar-refractivity contribution is 0.194. The van der Waals surface area contributed by atoms with Crippen LogP contribution in [0.5, 0.6) is 0 Å². The predicted molar refractivity (Wildman–Crippen MR) is 137 cm³/mol. The van der Waals surface area contributed by atoms with Crippen molar-refractivity contribution in [2.45, 2.75) is 19.5 Å². The zero-order valence-corrected chi connectivity index (χ0v) is 19.7. The van der Waals surface area contributed by atoms with Crippen molar-refractivity contribution in [3.8, 4) is 11.5 Å². The van der Waals surface area contributed by atoms with E-state index in [4.69, 9.17) is 5.10 Å². The van der Waals surface area contributed by atoms with Crippen LogP contribution < -0.4 is 5.32 Å². The molecule has 0 bridgehead atoms. The van der Waals surface area contributed by atoms with Crippen LogP contribution in [0.1, 0.15) is 28.6 Å². The third-order valence-corrected chi connectivity index (χ3v) is 6.58. The van der Waals surface area contributed by atoms with Crippen LogP contribution in [0.4, 0.5) is 14.9 Å². The molecule has 1 N–H and O–H groups in total. The van der Waals surface area contributed by atoms with Crippen LogP contribution in [-0.4, -0.2) is 25.3 Å². The van der Waals surface area contributed by atoms with E-state index in [0.29, 0.717) is 6.54 Å². The summed E-state index contributed by atoms with van der Waals surface area (Å²) in [6.45, 7) is 2.26. The molecule has 2 aromatic heterocycles. The fourth-order valence-electron chi connectivity index (χ4n) is 4.88. The summed E-state index contributed by atoms with van der Waals surface area (Å²) < 4.78 is 18.5. The molecule has 5 aromatic rings. The standard InChI is InChI=1S/C29H24FN5O/c1-20-23-19-34(29(36)31-25-16-9-8-15-24(25)30)27(21-11-4-2-5-12-21)26-17-10-18-33(26)28(23)35(32-20)22-13-6-3-7-14-22/h2-18,27H,19H2,1H3,(H,31,36)/t27-/m1/s1. The smallest absolute Gasteiger partial charge is 0.307 e. The number of rotatable bonds is 3. The number of urea groups is 1. The Bertz CT molecular complexity index is 1540. The molecule has 0 spiro atoms. The summed E-state index contributed by atoms with van der Waals surface area (Å²) in [6, 6.07) is 29.3. The van der Waals surface area contributed by atoms with Crippen LogP contribution in [0, 0.1) is 12.7 Å². The number of nitrogens with zero attached hydrogens (tertiary/aromatic N) is 4. The molecule has 3 heterocycles. The van der Waals surface area contributed by atoms with Gasteiger partial charge in [-0.3, -0.25) is 0 Å². The van der Waals surface area contributed by atoms with Gasteiger partial charge in [0.1, 0.15) is 11.6 Å². The van der Waals surface area contributed by atoms with E-state index in [1.165, 1.54) is 6.07 Å². The van der Waals surface area contributed by atoms with Crippen LogP contribution in [-0.2, 0) is 6.54 Å². The molecule has 0 saturated carbocycles. The number of hydrogen-bond acceptors (Lipinski definition) is 2. The summed E-state index contributed by atoms with van der Waals surface area (Å²) in [6.07, 6.45) is 2.00. The number of carbonyl (C=O) groups is 1. The second-order valence-electron chi connectivity index (χ2n) is 8.79. The molecule has 1 aliphatic rings. The van der Waals surface area contributed by atoms with Gasteiger partial charge in [-0.2, -0.15) is 5.10 Å². The maximum atomic E-state index is 14.5. The Morgan fingerprint density at radius 3 is 2.36 bits per heavy atom. The molecule has 0 radical (unpaired) electrons. The summed E-state index contributed by atoms with van der Waals surface area (Å²) in [5.41, 5.74) is 4.71. The average molecular weight is 478 g/mol. The Balaban J connectivity index is 1.54. The minimum atomic E-state index is -0.478. The molecular formula is C29H24FN5O. The first-order valence-corrected chi connectivity index (χ1v) is 11.8. The van der Waals surface area contributed by atoms with Gasteiger partial charge in [0.15, 0.2) is 0 Å².